The summed E-state index contributed by atoms with van der Waals surface area (Å²) in [5.74, 6) is -1.15. The first-order valence-electron chi connectivity index (χ1n) is 4.49. The van der Waals surface area contributed by atoms with Gasteiger partial charge in [0.1, 0.15) is 11.9 Å². The number of rotatable bonds is 4. The van der Waals surface area contributed by atoms with Gasteiger partial charge in [0.25, 0.3) is 5.91 Å². The van der Waals surface area contributed by atoms with Gasteiger partial charge in [-0.05, 0) is 6.92 Å². The molecule has 1 rings (SSSR count). The molecule has 1 amide bonds. The number of H-pyrrole nitrogens is 1. The number of carbonyl (C=O) groups excluding carboxylic acids is 1. The zero-order chi connectivity index (χ0) is 11.4. The molecule has 0 saturated heterocycles. The summed E-state index contributed by atoms with van der Waals surface area (Å²) < 4.78 is 0. The Bertz CT molecular complexity index is 374. The van der Waals surface area contributed by atoms with E-state index in [1.807, 2.05) is 6.92 Å². The van der Waals surface area contributed by atoms with Crippen LogP contribution in [0.4, 0.5) is 0 Å². The lowest BCUT2D eigenvalue weighted by molar-refractivity contribution is -0.138. The molecular weight excluding hydrogens is 200 g/mol. The Balaban J connectivity index is 2.65. The zero-order valence-corrected chi connectivity index (χ0v) is 8.44. The number of carboxylic acid groups (broad SMARTS) is 1. The number of hydrogen-bond acceptors (Lipinski definition) is 4. The van der Waals surface area contributed by atoms with Crippen LogP contribution in [0.5, 0.6) is 0 Å². The highest BCUT2D eigenvalue weighted by Crippen LogP contribution is 1.94. The van der Waals surface area contributed by atoms with Crippen LogP contribution in [0, 0.1) is 0 Å². The lowest BCUT2D eigenvalue weighted by atomic mass is 10.3. The van der Waals surface area contributed by atoms with Crippen molar-refractivity contribution in [2.45, 2.75) is 26.3 Å². The van der Waals surface area contributed by atoms with Gasteiger partial charge in [-0.15, -0.1) is 5.10 Å². The van der Waals surface area contributed by atoms with Crippen molar-refractivity contribution in [1.82, 2.24) is 20.5 Å². The minimum absolute atomic E-state index is 0.0417. The fourth-order valence-corrected chi connectivity index (χ4v) is 0.878. The zero-order valence-electron chi connectivity index (χ0n) is 8.44. The molecule has 1 heterocycles. The monoisotopic (exact) mass is 212 g/mol. The first-order valence-corrected chi connectivity index (χ1v) is 4.49. The van der Waals surface area contributed by atoms with Crippen LogP contribution in [0.2, 0.25) is 0 Å². The van der Waals surface area contributed by atoms with Gasteiger partial charge in [-0.25, -0.2) is 4.98 Å². The third kappa shape index (κ3) is 2.76. The van der Waals surface area contributed by atoms with Crippen LogP contribution in [-0.4, -0.2) is 38.2 Å². The van der Waals surface area contributed by atoms with Gasteiger partial charge < -0.3 is 10.4 Å². The van der Waals surface area contributed by atoms with Crippen molar-refractivity contribution in [2.75, 3.05) is 0 Å². The lowest BCUT2D eigenvalue weighted by Crippen LogP contribution is -2.38. The minimum atomic E-state index is -1.10. The summed E-state index contributed by atoms with van der Waals surface area (Å²) in [6, 6.07) is -0.957. The first kappa shape index (κ1) is 11.2. The number of aromatic amines is 1. The highest BCUT2D eigenvalue weighted by Gasteiger charge is 2.18. The van der Waals surface area contributed by atoms with Crippen molar-refractivity contribution in [3.05, 3.63) is 11.6 Å². The molecule has 0 aromatic carbocycles. The first-order chi connectivity index (χ1) is 7.04. The molecule has 1 atom stereocenters. The number of carbonyl (C=O) groups is 2. The Morgan fingerprint density at radius 2 is 2.27 bits per heavy atom. The molecule has 0 spiro atoms. The molecule has 3 N–H and O–H groups in total. The second-order valence-electron chi connectivity index (χ2n) is 2.99. The van der Waals surface area contributed by atoms with Crippen molar-refractivity contribution in [3.63, 3.8) is 0 Å². The fraction of sp³-hybridized carbons (Fsp3) is 0.500. The third-order valence-electron chi connectivity index (χ3n) is 1.79. The number of carboxylic acids is 1. The fourth-order valence-electron chi connectivity index (χ4n) is 0.878. The van der Waals surface area contributed by atoms with Crippen molar-refractivity contribution in [3.8, 4) is 0 Å². The second-order valence-corrected chi connectivity index (χ2v) is 2.99. The largest absolute Gasteiger partial charge is 0.480 e. The molecule has 0 fully saturated rings. The molecule has 82 valence electrons. The number of nitrogens with zero attached hydrogens (tertiary/aromatic N) is 2. The van der Waals surface area contributed by atoms with Crippen molar-refractivity contribution in [2.24, 2.45) is 0 Å². The van der Waals surface area contributed by atoms with E-state index in [9.17, 15) is 9.59 Å². The number of amides is 1. The Kier molecular flexibility index (Phi) is 3.37. The van der Waals surface area contributed by atoms with Gasteiger partial charge in [0.15, 0.2) is 0 Å². The van der Waals surface area contributed by atoms with Gasteiger partial charge in [-0.1, -0.05) is 6.92 Å². The molecule has 0 aliphatic rings. The Labute approximate surface area is 85.9 Å². The summed E-state index contributed by atoms with van der Waals surface area (Å²) in [6.07, 6.45) is 0.634. The summed E-state index contributed by atoms with van der Waals surface area (Å²) in [5.41, 5.74) is 0. The normalized spacial score (nSPS) is 12.1. The van der Waals surface area contributed by atoms with Gasteiger partial charge in [-0.2, -0.15) is 0 Å². The number of nitrogens with one attached hydrogen (secondary N) is 2. The predicted octanol–water partition coefficient (Wildman–Crippen LogP) is -0.430. The maximum atomic E-state index is 11.4. The van der Waals surface area contributed by atoms with Crippen LogP contribution >= 0.6 is 0 Å². The molecule has 0 aliphatic heterocycles. The summed E-state index contributed by atoms with van der Waals surface area (Å²) >= 11 is 0. The van der Waals surface area contributed by atoms with E-state index < -0.39 is 17.9 Å². The second kappa shape index (κ2) is 4.54. The molecule has 1 aromatic rings. The summed E-state index contributed by atoms with van der Waals surface area (Å²) in [4.78, 5) is 25.7. The van der Waals surface area contributed by atoms with Crippen LogP contribution in [0.1, 0.15) is 30.3 Å². The van der Waals surface area contributed by atoms with Gasteiger partial charge >= 0.3 is 5.97 Å². The molecule has 7 nitrogen and oxygen atoms in total. The average Bonchev–Trinajstić information content (AvgIpc) is 2.65. The maximum absolute atomic E-state index is 11.4. The molecule has 15 heavy (non-hydrogen) atoms. The molecule has 7 heteroatoms. The predicted molar refractivity (Wildman–Crippen MR) is 50.3 cm³/mol. The number of hydrogen-bond donors (Lipinski definition) is 3. The molecule has 0 radical (unpaired) electrons. The maximum Gasteiger partial charge on any atom is 0.325 e. The van der Waals surface area contributed by atoms with Gasteiger partial charge in [-0.3, -0.25) is 14.7 Å². The molecule has 1 unspecified atom stereocenters. The SMILES string of the molecule is CCc1nc(C(=O)NC(C)C(=O)O)n[nH]1. The van der Waals surface area contributed by atoms with Crippen LogP contribution in [0.3, 0.4) is 0 Å². The van der Waals surface area contributed by atoms with E-state index in [1.165, 1.54) is 6.92 Å². The topological polar surface area (TPSA) is 108 Å². The van der Waals surface area contributed by atoms with Gasteiger partial charge in [0, 0.05) is 6.42 Å². The van der Waals surface area contributed by atoms with E-state index in [1.54, 1.807) is 0 Å². The van der Waals surface area contributed by atoms with Crippen molar-refractivity contribution in [1.29, 1.82) is 0 Å². The van der Waals surface area contributed by atoms with Crippen molar-refractivity contribution >= 4 is 11.9 Å². The van der Waals surface area contributed by atoms with Gasteiger partial charge in [0.05, 0.1) is 0 Å². The molecule has 0 saturated carbocycles. The Morgan fingerprint density at radius 1 is 1.60 bits per heavy atom. The number of aromatic nitrogens is 3. The molecule has 1 aromatic heterocycles. The van der Waals surface area contributed by atoms with Gasteiger partial charge in [0.2, 0.25) is 5.82 Å². The number of aliphatic carboxylic acids is 1. The molecular formula is C8H12N4O3. The van der Waals surface area contributed by atoms with Crippen molar-refractivity contribution < 1.29 is 14.7 Å². The van der Waals surface area contributed by atoms with Crippen LogP contribution in [-0.2, 0) is 11.2 Å². The van der Waals surface area contributed by atoms with E-state index >= 15 is 0 Å². The number of aryl methyl sites for hydroxylation is 1. The van der Waals surface area contributed by atoms with E-state index in [-0.39, 0.29) is 5.82 Å². The van der Waals surface area contributed by atoms with E-state index in [0.29, 0.717) is 12.2 Å². The summed E-state index contributed by atoms with van der Waals surface area (Å²) in [6.45, 7) is 3.23. The lowest BCUT2D eigenvalue weighted by Gasteiger charge is -2.05. The van der Waals surface area contributed by atoms with E-state index in [2.05, 4.69) is 20.5 Å². The molecule has 0 bridgehead atoms. The molecule has 0 aliphatic carbocycles. The summed E-state index contributed by atoms with van der Waals surface area (Å²) in [7, 11) is 0. The van der Waals surface area contributed by atoms with Crippen LogP contribution in [0.15, 0.2) is 0 Å². The Morgan fingerprint density at radius 3 is 2.73 bits per heavy atom. The van der Waals surface area contributed by atoms with E-state index in [4.69, 9.17) is 5.11 Å². The summed E-state index contributed by atoms with van der Waals surface area (Å²) in [5, 5.41) is 17.0. The van der Waals surface area contributed by atoms with E-state index in [0.717, 1.165) is 0 Å². The standard InChI is InChI=1S/C8H12N4O3/c1-3-5-10-6(12-11-5)7(13)9-4(2)8(14)15/h4H,3H2,1-2H3,(H,9,13)(H,14,15)(H,10,11,12). The Hall–Kier alpha value is -1.92. The average molecular weight is 212 g/mol. The quantitative estimate of drug-likeness (QED) is 0.627. The minimum Gasteiger partial charge on any atom is -0.480 e. The highest BCUT2D eigenvalue weighted by molar-refractivity contribution is 5.93. The third-order valence-corrected chi connectivity index (χ3v) is 1.79. The van der Waals surface area contributed by atoms with Crippen LogP contribution < -0.4 is 5.32 Å². The highest BCUT2D eigenvalue weighted by atomic mass is 16.4. The smallest absolute Gasteiger partial charge is 0.325 e. The van der Waals surface area contributed by atoms with Crippen LogP contribution in [0.25, 0.3) is 0 Å².